The standard InChI is InChI=1S/C17H11ClN6O2/c18-11-5-12(8-19-7-11)26-13-6-14(16-23-21-10-24(16)9-13)17(25)22-15-3-1-2-4-20-15/h1-10H,(H,20,22,25). The second kappa shape index (κ2) is 6.77. The van der Waals surface area contributed by atoms with Gasteiger partial charge in [-0.05, 0) is 18.2 Å². The molecule has 1 N–H and O–H groups in total. The van der Waals surface area contributed by atoms with Crippen molar-refractivity contribution in [3.05, 3.63) is 72.0 Å². The number of anilines is 1. The number of carbonyl (C=O) groups is 1. The summed E-state index contributed by atoms with van der Waals surface area (Å²) in [6.45, 7) is 0. The predicted octanol–water partition coefficient (Wildman–Crippen LogP) is 3.22. The molecule has 0 atom stereocenters. The van der Waals surface area contributed by atoms with Crippen LogP contribution in [0.25, 0.3) is 5.65 Å². The molecule has 128 valence electrons. The molecule has 0 aliphatic rings. The third kappa shape index (κ3) is 3.31. The number of nitrogens with zero attached hydrogens (tertiary/aromatic N) is 5. The summed E-state index contributed by atoms with van der Waals surface area (Å²) < 4.78 is 7.36. The van der Waals surface area contributed by atoms with E-state index in [0.717, 1.165) is 0 Å². The molecule has 0 saturated heterocycles. The number of aromatic nitrogens is 5. The Kier molecular flexibility index (Phi) is 4.16. The van der Waals surface area contributed by atoms with Crippen LogP contribution in [-0.4, -0.2) is 30.5 Å². The Labute approximate surface area is 152 Å². The molecule has 0 radical (unpaired) electrons. The van der Waals surface area contributed by atoms with Crippen molar-refractivity contribution in [2.24, 2.45) is 0 Å². The van der Waals surface area contributed by atoms with Crippen molar-refractivity contribution in [2.45, 2.75) is 0 Å². The van der Waals surface area contributed by atoms with Gasteiger partial charge in [-0.2, -0.15) is 0 Å². The number of pyridine rings is 3. The topological polar surface area (TPSA) is 94.3 Å². The molecule has 0 aromatic carbocycles. The van der Waals surface area contributed by atoms with E-state index in [1.54, 1.807) is 47.1 Å². The van der Waals surface area contributed by atoms with Gasteiger partial charge in [-0.15, -0.1) is 10.2 Å². The Bertz CT molecular complexity index is 1080. The van der Waals surface area contributed by atoms with Crippen LogP contribution in [0, 0.1) is 0 Å². The van der Waals surface area contributed by atoms with Crippen LogP contribution in [0.1, 0.15) is 10.4 Å². The Hall–Kier alpha value is -3.52. The van der Waals surface area contributed by atoms with Crippen LogP contribution in [0.2, 0.25) is 5.02 Å². The molecule has 4 heterocycles. The lowest BCUT2D eigenvalue weighted by molar-refractivity contribution is 0.102. The zero-order valence-electron chi connectivity index (χ0n) is 13.2. The van der Waals surface area contributed by atoms with Crippen molar-refractivity contribution in [3.8, 4) is 11.5 Å². The quantitative estimate of drug-likeness (QED) is 0.596. The summed E-state index contributed by atoms with van der Waals surface area (Å²) in [5.74, 6) is 0.908. The van der Waals surface area contributed by atoms with E-state index < -0.39 is 0 Å². The highest BCUT2D eigenvalue weighted by Crippen LogP contribution is 2.25. The first kappa shape index (κ1) is 16.0. The third-order valence-corrected chi connectivity index (χ3v) is 3.64. The predicted molar refractivity (Wildman–Crippen MR) is 94.5 cm³/mol. The van der Waals surface area contributed by atoms with Gasteiger partial charge in [0.25, 0.3) is 5.91 Å². The lowest BCUT2D eigenvalue weighted by Crippen LogP contribution is -2.14. The summed E-state index contributed by atoms with van der Waals surface area (Å²) in [5, 5.41) is 11.0. The first-order valence-corrected chi connectivity index (χ1v) is 7.91. The fourth-order valence-electron chi connectivity index (χ4n) is 2.34. The van der Waals surface area contributed by atoms with E-state index in [1.807, 2.05) is 0 Å². The van der Waals surface area contributed by atoms with Crippen molar-refractivity contribution in [1.29, 1.82) is 0 Å². The van der Waals surface area contributed by atoms with Gasteiger partial charge in [0.2, 0.25) is 0 Å². The maximum Gasteiger partial charge on any atom is 0.260 e. The summed E-state index contributed by atoms with van der Waals surface area (Å²) in [6.07, 6.45) is 7.76. The summed E-state index contributed by atoms with van der Waals surface area (Å²) >= 11 is 5.92. The number of fused-ring (bicyclic) bond motifs is 1. The molecule has 1 amide bonds. The zero-order valence-corrected chi connectivity index (χ0v) is 14.0. The normalized spacial score (nSPS) is 10.7. The maximum absolute atomic E-state index is 12.7. The third-order valence-electron chi connectivity index (χ3n) is 3.43. The van der Waals surface area contributed by atoms with Gasteiger partial charge in [0.1, 0.15) is 23.6 Å². The van der Waals surface area contributed by atoms with Crippen LogP contribution in [-0.2, 0) is 0 Å². The molecule has 9 heteroatoms. The SMILES string of the molecule is O=C(Nc1ccccn1)c1cc(Oc2cncc(Cl)c2)cn2cnnc12. The van der Waals surface area contributed by atoms with Crippen LogP contribution in [0.5, 0.6) is 11.5 Å². The monoisotopic (exact) mass is 366 g/mol. The minimum absolute atomic E-state index is 0.292. The molecule has 4 aromatic heterocycles. The number of hydrogen-bond acceptors (Lipinski definition) is 6. The van der Waals surface area contributed by atoms with Crippen LogP contribution in [0.3, 0.4) is 0 Å². The van der Waals surface area contributed by atoms with Gasteiger partial charge in [-0.25, -0.2) is 4.98 Å². The van der Waals surface area contributed by atoms with Crippen molar-refractivity contribution >= 4 is 29.0 Å². The minimum atomic E-state index is -0.378. The second-order valence-electron chi connectivity index (χ2n) is 5.26. The fraction of sp³-hybridized carbons (Fsp3) is 0. The lowest BCUT2D eigenvalue weighted by atomic mass is 10.2. The van der Waals surface area contributed by atoms with Crippen LogP contribution < -0.4 is 10.1 Å². The number of nitrogens with one attached hydrogen (secondary N) is 1. The largest absolute Gasteiger partial charge is 0.454 e. The first-order chi connectivity index (χ1) is 12.7. The van der Waals surface area contributed by atoms with Gasteiger partial charge < -0.3 is 10.1 Å². The van der Waals surface area contributed by atoms with Gasteiger partial charge in [0, 0.05) is 18.5 Å². The Morgan fingerprint density at radius 2 is 2.12 bits per heavy atom. The van der Waals surface area contributed by atoms with Crippen LogP contribution in [0.4, 0.5) is 5.82 Å². The van der Waals surface area contributed by atoms with Crippen molar-refractivity contribution < 1.29 is 9.53 Å². The number of ether oxygens (including phenoxy) is 1. The highest BCUT2D eigenvalue weighted by atomic mass is 35.5. The van der Waals surface area contributed by atoms with E-state index in [2.05, 4.69) is 25.5 Å². The fourth-order valence-corrected chi connectivity index (χ4v) is 2.50. The Balaban J connectivity index is 1.69. The molecule has 0 aliphatic carbocycles. The molecule has 4 aromatic rings. The summed E-state index contributed by atoms with van der Waals surface area (Å²) in [4.78, 5) is 20.7. The maximum atomic E-state index is 12.7. The van der Waals surface area contributed by atoms with E-state index in [-0.39, 0.29) is 5.91 Å². The molecule has 8 nitrogen and oxygen atoms in total. The number of amides is 1. The Morgan fingerprint density at radius 3 is 2.92 bits per heavy atom. The van der Waals surface area contributed by atoms with E-state index in [9.17, 15) is 4.79 Å². The van der Waals surface area contributed by atoms with Gasteiger partial charge in [-0.3, -0.25) is 14.2 Å². The molecule has 0 spiro atoms. The number of rotatable bonds is 4. The molecule has 4 rings (SSSR count). The molecular formula is C17H11ClN6O2. The van der Waals surface area contributed by atoms with Gasteiger partial charge in [0.15, 0.2) is 5.65 Å². The van der Waals surface area contributed by atoms with Gasteiger partial charge in [0.05, 0.1) is 23.0 Å². The summed E-state index contributed by atoms with van der Waals surface area (Å²) in [5.41, 5.74) is 0.690. The van der Waals surface area contributed by atoms with Crippen molar-refractivity contribution in [3.63, 3.8) is 0 Å². The molecule has 0 fully saturated rings. The van der Waals surface area contributed by atoms with E-state index in [4.69, 9.17) is 16.3 Å². The highest BCUT2D eigenvalue weighted by Gasteiger charge is 2.16. The van der Waals surface area contributed by atoms with Crippen molar-refractivity contribution in [1.82, 2.24) is 24.6 Å². The average molecular weight is 367 g/mol. The average Bonchev–Trinajstić information content (AvgIpc) is 3.10. The van der Waals surface area contributed by atoms with Crippen LogP contribution >= 0.6 is 11.6 Å². The minimum Gasteiger partial charge on any atom is -0.454 e. The molecule has 26 heavy (non-hydrogen) atoms. The van der Waals surface area contributed by atoms with Gasteiger partial charge in [-0.1, -0.05) is 17.7 Å². The molecule has 0 unspecified atom stereocenters. The molecule has 0 bridgehead atoms. The second-order valence-corrected chi connectivity index (χ2v) is 5.70. The summed E-state index contributed by atoms with van der Waals surface area (Å²) in [6, 6.07) is 8.43. The van der Waals surface area contributed by atoms with Crippen LogP contribution in [0.15, 0.2) is 61.4 Å². The number of hydrogen-bond donors (Lipinski definition) is 1. The smallest absolute Gasteiger partial charge is 0.260 e. The highest BCUT2D eigenvalue weighted by molar-refractivity contribution is 6.30. The van der Waals surface area contributed by atoms with E-state index >= 15 is 0 Å². The van der Waals surface area contributed by atoms with E-state index in [0.29, 0.717) is 33.6 Å². The van der Waals surface area contributed by atoms with E-state index in [1.165, 1.54) is 18.7 Å². The number of halogens is 1. The Morgan fingerprint density at radius 1 is 1.19 bits per heavy atom. The number of carbonyl (C=O) groups excluding carboxylic acids is 1. The molecule has 0 saturated carbocycles. The summed E-state index contributed by atoms with van der Waals surface area (Å²) in [7, 11) is 0. The van der Waals surface area contributed by atoms with Crippen molar-refractivity contribution in [2.75, 3.05) is 5.32 Å². The molecule has 0 aliphatic heterocycles. The molecular weight excluding hydrogens is 356 g/mol. The zero-order chi connectivity index (χ0) is 17.9. The first-order valence-electron chi connectivity index (χ1n) is 7.53. The lowest BCUT2D eigenvalue weighted by Gasteiger charge is -2.09. The van der Waals surface area contributed by atoms with Gasteiger partial charge >= 0.3 is 0 Å².